The van der Waals surface area contributed by atoms with Gasteiger partial charge in [-0.05, 0) is 25.7 Å². The minimum atomic E-state index is 0.750. The molecular weight excluding hydrogens is 290 g/mol. The maximum atomic E-state index is 4.52. The predicted octanol–water partition coefficient (Wildman–Crippen LogP) is 0.753. The van der Waals surface area contributed by atoms with Crippen LogP contribution in [-0.2, 0) is 6.54 Å². The van der Waals surface area contributed by atoms with Gasteiger partial charge in [0.25, 0.3) is 0 Å². The highest BCUT2D eigenvalue weighted by molar-refractivity contribution is 5.48. The summed E-state index contributed by atoms with van der Waals surface area (Å²) in [6.07, 6.45) is 5.08. The summed E-state index contributed by atoms with van der Waals surface area (Å²) in [4.78, 5) is 17.8. The first kappa shape index (κ1) is 14.6. The van der Waals surface area contributed by atoms with Crippen LogP contribution >= 0.6 is 0 Å². The fourth-order valence-electron chi connectivity index (χ4n) is 3.88. The second-order valence-electron chi connectivity index (χ2n) is 6.75. The number of rotatable bonds is 4. The quantitative estimate of drug-likeness (QED) is 0.830. The van der Waals surface area contributed by atoms with Crippen LogP contribution in [0.1, 0.15) is 11.3 Å². The molecule has 0 saturated carbocycles. The average Bonchev–Trinajstić information content (AvgIpc) is 3.23. The Bertz CT molecular complexity index is 655. The molecule has 0 radical (unpaired) electrons. The van der Waals surface area contributed by atoms with Gasteiger partial charge in [-0.3, -0.25) is 4.68 Å². The Balaban J connectivity index is 1.35. The van der Waals surface area contributed by atoms with Gasteiger partial charge >= 0.3 is 0 Å². The standard InChI is InChI=1S/C16H23N7/c1-12-13(2)18-10-19-16(12)22-7-14-5-21(6-15(14)8-22)3-4-23-11-17-9-20-23/h9-11,14-15H,3-8H2,1-2H3. The van der Waals surface area contributed by atoms with Crippen LogP contribution in [0.4, 0.5) is 5.82 Å². The van der Waals surface area contributed by atoms with Gasteiger partial charge in [0.05, 0.1) is 6.54 Å². The maximum Gasteiger partial charge on any atom is 0.137 e. The lowest BCUT2D eigenvalue weighted by atomic mass is 10.0. The number of aryl methyl sites for hydroxylation is 1. The Kier molecular flexibility index (Phi) is 3.72. The van der Waals surface area contributed by atoms with Crippen LogP contribution in [0.2, 0.25) is 0 Å². The first-order valence-electron chi connectivity index (χ1n) is 8.28. The van der Waals surface area contributed by atoms with Crippen molar-refractivity contribution in [1.29, 1.82) is 0 Å². The maximum absolute atomic E-state index is 4.52. The molecule has 2 aliphatic rings. The van der Waals surface area contributed by atoms with Crippen molar-refractivity contribution in [2.45, 2.75) is 20.4 Å². The molecule has 7 heteroatoms. The van der Waals surface area contributed by atoms with Crippen molar-refractivity contribution in [1.82, 2.24) is 29.6 Å². The number of likely N-dealkylation sites (tertiary alicyclic amines) is 1. The first-order chi connectivity index (χ1) is 11.2. The highest BCUT2D eigenvalue weighted by Gasteiger charge is 2.40. The van der Waals surface area contributed by atoms with E-state index in [0.717, 1.165) is 49.5 Å². The molecule has 2 aromatic rings. The van der Waals surface area contributed by atoms with Crippen molar-refractivity contribution in [3.05, 3.63) is 30.2 Å². The lowest BCUT2D eigenvalue weighted by molar-refractivity contribution is 0.296. The van der Waals surface area contributed by atoms with Gasteiger partial charge in [0.15, 0.2) is 0 Å². The Morgan fingerprint density at radius 3 is 2.48 bits per heavy atom. The van der Waals surface area contributed by atoms with E-state index in [1.165, 1.54) is 18.7 Å². The zero-order chi connectivity index (χ0) is 15.8. The van der Waals surface area contributed by atoms with Crippen LogP contribution in [0.25, 0.3) is 0 Å². The molecule has 0 spiro atoms. The molecule has 2 fully saturated rings. The second-order valence-corrected chi connectivity index (χ2v) is 6.75. The molecular formula is C16H23N7. The predicted molar refractivity (Wildman–Crippen MR) is 87.2 cm³/mol. The van der Waals surface area contributed by atoms with Crippen LogP contribution in [0.15, 0.2) is 19.0 Å². The van der Waals surface area contributed by atoms with Crippen molar-refractivity contribution in [3.8, 4) is 0 Å². The fourth-order valence-corrected chi connectivity index (χ4v) is 3.88. The molecule has 2 saturated heterocycles. The molecule has 0 aromatic carbocycles. The molecule has 2 aliphatic heterocycles. The Labute approximate surface area is 136 Å². The molecule has 0 N–H and O–H groups in total. The molecule has 2 atom stereocenters. The summed E-state index contributed by atoms with van der Waals surface area (Å²) in [5.41, 5.74) is 2.30. The van der Waals surface area contributed by atoms with Crippen molar-refractivity contribution in [2.24, 2.45) is 11.8 Å². The zero-order valence-electron chi connectivity index (χ0n) is 13.8. The van der Waals surface area contributed by atoms with Crippen molar-refractivity contribution in [2.75, 3.05) is 37.6 Å². The fraction of sp³-hybridized carbons (Fsp3) is 0.625. The van der Waals surface area contributed by atoms with E-state index in [2.05, 4.69) is 43.7 Å². The number of fused-ring (bicyclic) bond motifs is 1. The summed E-state index contributed by atoms with van der Waals surface area (Å²) in [5.74, 6) is 2.63. The Hall–Kier alpha value is -2.02. The van der Waals surface area contributed by atoms with E-state index >= 15 is 0 Å². The van der Waals surface area contributed by atoms with Gasteiger partial charge in [0.1, 0.15) is 24.8 Å². The van der Waals surface area contributed by atoms with E-state index in [0.29, 0.717) is 0 Å². The van der Waals surface area contributed by atoms with Crippen molar-refractivity contribution < 1.29 is 0 Å². The topological polar surface area (TPSA) is 63.0 Å². The average molecular weight is 313 g/mol. The normalized spacial score (nSPS) is 24.3. The molecule has 2 aromatic heterocycles. The number of anilines is 1. The second kappa shape index (κ2) is 5.88. The van der Waals surface area contributed by atoms with E-state index in [1.807, 2.05) is 4.68 Å². The third-order valence-electron chi connectivity index (χ3n) is 5.28. The van der Waals surface area contributed by atoms with E-state index in [4.69, 9.17) is 0 Å². The van der Waals surface area contributed by atoms with Crippen molar-refractivity contribution >= 4 is 5.82 Å². The lowest BCUT2D eigenvalue weighted by Crippen LogP contribution is -2.31. The molecule has 23 heavy (non-hydrogen) atoms. The summed E-state index contributed by atoms with van der Waals surface area (Å²) < 4.78 is 1.91. The van der Waals surface area contributed by atoms with Crippen LogP contribution < -0.4 is 4.90 Å². The van der Waals surface area contributed by atoms with Crippen LogP contribution in [-0.4, -0.2) is 62.4 Å². The molecule has 4 heterocycles. The van der Waals surface area contributed by atoms with E-state index in [9.17, 15) is 0 Å². The summed E-state index contributed by atoms with van der Waals surface area (Å²) in [6, 6.07) is 0. The first-order valence-corrected chi connectivity index (χ1v) is 8.28. The molecule has 0 bridgehead atoms. The smallest absolute Gasteiger partial charge is 0.137 e. The van der Waals surface area contributed by atoms with Gasteiger partial charge in [-0.1, -0.05) is 0 Å². The molecule has 122 valence electrons. The summed E-state index contributed by atoms with van der Waals surface area (Å²) in [6.45, 7) is 10.8. The molecule has 0 aliphatic carbocycles. The number of aromatic nitrogens is 5. The van der Waals surface area contributed by atoms with Crippen LogP contribution in [0, 0.1) is 25.7 Å². The Morgan fingerprint density at radius 1 is 1.00 bits per heavy atom. The summed E-state index contributed by atoms with van der Waals surface area (Å²) in [5, 5.41) is 4.18. The highest BCUT2D eigenvalue weighted by atomic mass is 15.3. The zero-order valence-corrected chi connectivity index (χ0v) is 13.8. The SMILES string of the molecule is Cc1ncnc(N2CC3CN(CCn4cncn4)CC3C2)c1C. The third kappa shape index (κ3) is 2.81. The van der Waals surface area contributed by atoms with Crippen LogP contribution in [0.3, 0.4) is 0 Å². The van der Waals surface area contributed by atoms with Gasteiger partial charge in [0, 0.05) is 44.0 Å². The van der Waals surface area contributed by atoms with E-state index in [-0.39, 0.29) is 0 Å². The van der Waals surface area contributed by atoms with Gasteiger partial charge in [-0.15, -0.1) is 0 Å². The molecule has 2 unspecified atom stereocenters. The number of hydrogen-bond acceptors (Lipinski definition) is 6. The summed E-state index contributed by atoms with van der Waals surface area (Å²) >= 11 is 0. The minimum absolute atomic E-state index is 0.750. The lowest BCUT2D eigenvalue weighted by Gasteiger charge is -2.23. The number of hydrogen-bond donors (Lipinski definition) is 0. The third-order valence-corrected chi connectivity index (χ3v) is 5.28. The van der Waals surface area contributed by atoms with Crippen LogP contribution in [0.5, 0.6) is 0 Å². The minimum Gasteiger partial charge on any atom is -0.356 e. The monoisotopic (exact) mass is 313 g/mol. The summed E-state index contributed by atoms with van der Waals surface area (Å²) in [7, 11) is 0. The van der Waals surface area contributed by atoms with Gasteiger partial charge in [-0.25, -0.2) is 15.0 Å². The highest BCUT2D eigenvalue weighted by Crippen LogP contribution is 2.34. The molecule has 4 rings (SSSR count). The van der Waals surface area contributed by atoms with Gasteiger partial charge in [-0.2, -0.15) is 5.10 Å². The number of nitrogens with zero attached hydrogens (tertiary/aromatic N) is 7. The van der Waals surface area contributed by atoms with E-state index < -0.39 is 0 Å². The molecule has 7 nitrogen and oxygen atoms in total. The van der Waals surface area contributed by atoms with Crippen molar-refractivity contribution in [3.63, 3.8) is 0 Å². The largest absolute Gasteiger partial charge is 0.356 e. The van der Waals surface area contributed by atoms with E-state index in [1.54, 1.807) is 19.0 Å². The van der Waals surface area contributed by atoms with Gasteiger partial charge in [0.2, 0.25) is 0 Å². The van der Waals surface area contributed by atoms with Gasteiger partial charge < -0.3 is 9.80 Å². The molecule has 0 amide bonds. The Morgan fingerprint density at radius 2 is 1.78 bits per heavy atom.